The van der Waals surface area contributed by atoms with Gasteiger partial charge in [0.1, 0.15) is 11.7 Å². The van der Waals surface area contributed by atoms with Gasteiger partial charge in [-0.3, -0.25) is 18.6 Å². The Morgan fingerprint density at radius 1 is 1.26 bits per heavy atom. The summed E-state index contributed by atoms with van der Waals surface area (Å²) in [5.41, 5.74) is 6.61. The molecule has 168 valence electrons. The summed E-state index contributed by atoms with van der Waals surface area (Å²) >= 11 is 0. The summed E-state index contributed by atoms with van der Waals surface area (Å²) in [7, 11) is -2.50. The molecule has 2 aliphatic heterocycles. The molecule has 5 N–H and O–H groups in total. The van der Waals surface area contributed by atoms with Crippen molar-refractivity contribution >= 4 is 22.6 Å². The lowest BCUT2D eigenvalue weighted by Crippen LogP contribution is -2.49. The van der Waals surface area contributed by atoms with Gasteiger partial charge < -0.3 is 20.5 Å². The van der Waals surface area contributed by atoms with Gasteiger partial charge in [-0.05, 0) is 6.07 Å². The molecule has 31 heavy (non-hydrogen) atoms. The van der Waals surface area contributed by atoms with Gasteiger partial charge in [-0.2, -0.15) is 15.7 Å². The first-order valence-electron chi connectivity index (χ1n) is 9.49. The van der Waals surface area contributed by atoms with Gasteiger partial charge >= 0.3 is 6.09 Å². The van der Waals surface area contributed by atoms with E-state index in [9.17, 15) is 23.1 Å². The van der Waals surface area contributed by atoms with E-state index in [0.29, 0.717) is 11.1 Å². The highest BCUT2D eigenvalue weighted by Crippen LogP contribution is 2.53. The number of rotatable bonds is 5. The summed E-state index contributed by atoms with van der Waals surface area (Å²) < 4.78 is 40.7. The van der Waals surface area contributed by atoms with Crippen molar-refractivity contribution in [3.05, 3.63) is 30.2 Å². The number of nitrogens with two attached hydrogens (primary N) is 1. The van der Waals surface area contributed by atoms with Crippen LogP contribution >= 0.6 is 10.6 Å². The summed E-state index contributed by atoms with van der Waals surface area (Å²) in [4.78, 5) is 28.1. The molecule has 2 atom stereocenters. The molecular weight excluding hydrogens is 433 g/mol. The van der Waals surface area contributed by atoms with Gasteiger partial charge in [-0.1, -0.05) is 0 Å². The second-order valence-corrected chi connectivity index (χ2v) is 9.90. The molecule has 4 heterocycles. The number of halogens is 1. The van der Waals surface area contributed by atoms with Crippen molar-refractivity contribution in [2.75, 3.05) is 24.6 Å². The van der Waals surface area contributed by atoms with Crippen molar-refractivity contribution in [3.63, 3.8) is 0 Å². The van der Waals surface area contributed by atoms with Crippen molar-refractivity contribution in [1.82, 2.24) is 19.7 Å². The first-order valence-corrected chi connectivity index (χ1v) is 11.4. The average molecular weight is 455 g/mol. The Balaban J connectivity index is 1.51. The molecule has 0 aromatic carbocycles. The summed E-state index contributed by atoms with van der Waals surface area (Å²) in [6, 6.07) is 1.36. The first kappa shape index (κ1) is 21.3. The second kappa shape index (κ2) is 7.98. The van der Waals surface area contributed by atoms with E-state index in [4.69, 9.17) is 15.6 Å². The number of piperidine rings is 1. The quantitative estimate of drug-likeness (QED) is 0.530. The number of carboxylic acid groups (broad SMARTS) is 1. The number of primary amides is 1. The van der Waals surface area contributed by atoms with E-state index in [2.05, 4.69) is 10.1 Å². The highest BCUT2D eigenvalue weighted by Gasteiger charge is 2.36. The lowest BCUT2D eigenvalue weighted by molar-refractivity contribution is 0.0222. The van der Waals surface area contributed by atoms with E-state index in [0.717, 1.165) is 4.90 Å². The summed E-state index contributed by atoms with van der Waals surface area (Å²) in [6.07, 6.45) is 1.11. The van der Waals surface area contributed by atoms with E-state index in [1.807, 2.05) is 0 Å². The number of amides is 2. The Kier molecular flexibility index (Phi) is 5.49. The number of likely N-dealkylation sites (tertiary alicyclic amines) is 1. The van der Waals surface area contributed by atoms with Crippen molar-refractivity contribution in [2.24, 2.45) is 5.73 Å². The van der Waals surface area contributed by atoms with Crippen molar-refractivity contribution in [2.45, 2.75) is 24.7 Å². The van der Waals surface area contributed by atoms with Gasteiger partial charge in [-0.15, -0.1) is 0 Å². The minimum Gasteiger partial charge on any atom is -0.471 e. The normalized spacial score (nSPS) is 24.3. The predicted molar refractivity (Wildman–Crippen MR) is 109 cm³/mol. The number of hydrogen-bond acceptors (Lipinski definition) is 7. The molecule has 2 amide bonds. The third-order valence-electron chi connectivity index (χ3n) is 5.36. The number of hydrogen-bond donors (Lipinski definition) is 4. The zero-order valence-electron chi connectivity index (χ0n) is 16.3. The van der Waals surface area contributed by atoms with Crippen LogP contribution in [0.3, 0.4) is 0 Å². The SMILES string of the molecule is NC(=O)c1cc(-c2cnn(C3CS(O)(O)C3)c2)cnc1O[C@@H]1CCN(C(=O)O)C[C@@H]1F. The highest BCUT2D eigenvalue weighted by atomic mass is 32.3. The summed E-state index contributed by atoms with van der Waals surface area (Å²) in [6.45, 7) is -0.218. The molecule has 2 aliphatic rings. The Bertz CT molecular complexity index is 1010. The van der Waals surface area contributed by atoms with Gasteiger partial charge in [0, 0.05) is 36.5 Å². The van der Waals surface area contributed by atoms with Crippen LogP contribution in [0.25, 0.3) is 11.1 Å². The van der Waals surface area contributed by atoms with E-state index in [-0.39, 0.29) is 48.5 Å². The first-order chi connectivity index (χ1) is 14.6. The Morgan fingerprint density at radius 2 is 2.00 bits per heavy atom. The molecule has 2 aromatic heterocycles. The molecule has 4 rings (SSSR count). The smallest absolute Gasteiger partial charge is 0.407 e. The Labute approximate surface area is 178 Å². The van der Waals surface area contributed by atoms with Gasteiger partial charge in [-0.25, -0.2) is 14.2 Å². The average Bonchev–Trinajstić information content (AvgIpc) is 3.17. The van der Waals surface area contributed by atoms with Crippen LogP contribution in [0.15, 0.2) is 24.7 Å². The van der Waals surface area contributed by atoms with Crippen LogP contribution < -0.4 is 10.5 Å². The molecule has 0 unspecified atom stereocenters. The van der Waals surface area contributed by atoms with Crippen LogP contribution in [0.1, 0.15) is 22.8 Å². The van der Waals surface area contributed by atoms with Crippen LogP contribution in [0.4, 0.5) is 9.18 Å². The maximum Gasteiger partial charge on any atom is 0.407 e. The monoisotopic (exact) mass is 455 g/mol. The van der Waals surface area contributed by atoms with Crippen LogP contribution in [0, 0.1) is 0 Å². The molecule has 0 aliphatic carbocycles. The maximum absolute atomic E-state index is 14.4. The third kappa shape index (κ3) is 4.43. The minimum atomic E-state index is -2.50. The highest BCUT2D eigenvalue weighted by molar-refractivity contribution is 8.25. The molecule has 0 spiro atoms. The minimum absolute atomic E-state index is 0.0315. The van der Waals surface area contributed by atoms with E-state index in [1.54, 1.807) is 17.1 Å². The number of ether oxygens (including phenoxy) is 1. The zero-order valence-corrected chi connectivity index (χ0v) is 17.1. The van der Waals surface area contributed by atoms with Crippen LogP contribution in [-0.4, -0.2) is 82.7 Å². The topological polar surface area (TPSA) is 164 Å². The van der Waals surface area contributed by atoms with E-state index < -0.39 is 34.9 Å². The van der Waals surface area contributed by atoms with Crippen molar-refractivity contribution in [1.29, 1.82) is 0 Å². The number of pyridine rings is 1. The Hall–Kier alpha value is -2.90. The van der Waals surface area contributed by atoms with Crippen LogP contribution in [-0.2, 0) is 0 Å². The number of nitrogens with zero attached hydrogens (tertiary/aromatic N) is 4. The predicted octanol–water partition coefficient (Wildman–Crippen LogP) is 1.82. The van der Waals surface area contributed by atoms with Crippen molar-refractivity contribution in [3.8, 4) is 17.0 Å². The number of aromatic nitrogens is 3. The summed E-state index contributed by atoms with van der Waals surface area (Å²) in [5, 5.41) is 13.2. The van der Waals surface area contributed by atoms with Crippen LogP contribution in [0.2, 0.25) is 0 Å². The lowest BCUT2D eigenvalue weighted by Gasteiger charge is -2.46. The second-order valence-electron chi connectivity index (χ2n) is 7.63. The number of carbonyl (C=O) groups is 2. The summed E-state index contributed by atoms with van der Waals surface area (Å²) in [5.74, 6) is -0.427. The van der Waals surface area contributed by atoms with Gasteiger partial charge in [0.05, 0.1) is 30.3 Å². The van der Waals surface area contributed by atoms with E-state index in [1.165, 1.54) is 12.3 Å². The van der Waals surface area contributed by atoms with Gasteiger partial charge in [0.25, 0.3) is 5.91 Å². The fraction of sp³-hybridized carbons (Fsp3) is 0.444. The zero-order chi connectivity index (χ0) is 22.3. The molecule has 2 saturated heterocycles. The molecule has 0 bridgehead atoms. The fourth-order valence-electron chi connectivity index (χ4n) is 3.62. The molecule has 13 heteroatoms. The van der Waals surface area contributed by atoms with Crippen molar-refractivity contribution < 1.29 is 32.9 Å². The molecule has 2 aromatic rings. The number of alkyl halides is 1. The maximum atomic E-state index is 14.4. The van der Waals surface area contributed by atoms with Gasteiger partial charge in [0.15, 0.2) is 6.17 Å². The Morgan fingerprint density at radius 3 is 2.61 bits per heavy atom. The van der Waals surface area contributed by atoms with Gasteiger partial charge in [0.2, 0.25) is 5.88 Å². The molecule has 2 fully saturated rings. The third-order valence-corrected chi connectivity index (χ3v) is 7.20. The standard InChI is InChI=1S/C18H22FN5O6S/c19-14-7-23(18(26)27)2-1-15(14)30-17-13(16(20)25)3-10(4-21-17)11-5-22-24(6-11)12-8-31(28,29)9-12/h3-6,12,14-15,28-29H,1-2,7-9H2,(H2,20,25)(H,26,27)/t14-,15+/m0/s1. The molecular formula is C18H22FN5O6S. The molecule has 0 saturated carbocycles. The molecule has 11 nitrogen and oxygen atoms in total. The largest absolute Gasteiger partial charge is 0.471 e. The number of carbonyl (C=O) groups excluding carboxylic acids is 1. The fourth-order valence-corrected chi connectivity index (χ4v) is 5.06. The lowest BCUT2D eigenvalue weighted by atomic mass is 10.1. The van der Waals surface area contributed by atoms with Crippen LogP contribution in [0.5, 0.6) is 5.88 Å². The van der Waals surface area contributed by atoms with E-state index >= 15 is 0 Å². The molecule has 0 radical (unpaired) electrons.